The fourth-order valence-corrected chi connectivity index (χ4v) is 2.16. The molecule has 0 saturated carbocycles. The van der Waals surface area contributed by atoms with E-state index in [1.807, 2.05) is 74.7 Å². The number of benzene rings is 2. The number of rotatable bonds is 7. The molecule has 0 aromatic heterocycles. The van der Waals surface area contributed by atoms with Gasteiger partial charge in [0, 0.05) is 22.7 Å². The Morgan fingerprint density at radius 1 is 1.10 bits per heavy atom. The molecule has 0 unspecified atom stereocenters. The minimum Gasteiger partial charge on any atom is -0.726 e. The molecule has 8 nitrogen and oxygen atoms in total. The van der Waals surface area contributed by atoms with E-state index < -0.39 is 10.4 Å². The van der Waals surface area contributed by atoms with Crippen LogP contribution in [0.15, 0.2) is 54.6 Å². The van der Waals surface area contributed by atoms with Crippen molar-refractivity contribution in [3.05, 3.63) is 71.3 Å². The maximum atomic E-state index is 11.9. The number of nitrogens with zero attached hydrogens (tertiary/aromatic N) is 1. The van der Waals surface area contributed by atoms with Crippen LogP contribution in [0.2, 0.25) is 0 Å². The Kier molecular flexibility index (Phi) is 10.0. The Morgan fingerprint density at radius 3 is 2.10 bits per heavy atom. The summed E-state index contributed by atoms with van der Waals surface area (Å²) in [7, 11) is -1.96. The normalized spacial score (nSPS) is 11.4. The largest absolute Gasteiger partial charge is 0.726 e. The lowest BCUT2D eigenvalue weighted by molar-refractivity contribution is -0.788. The molecule has 0 aliphatic rings. The van der Waals surface area contributed by atoms with E-state index in [9.17, 15) is 17.8 Å². The maximum absolute atomic E-state index is 11.9. The van der Waals surface area contributed by atoms with Gasteiger partial charge >= 0.3 is 0 Å². The van der Waals surface area contributed by atoms with E-state index in [1.165, 1.54) is 0 Å². The van der Waals surface area contributed by atoms with Crippen LogP contribution >= 0.6 is 0 Å². The maximum Gasteiger partial charge on any atom is 0.251 e. The number of carbonyl (C=O) groups excluding carboxylic acids is 1. The highest BCUT2D eigenvalue weighted by Gasteiger charge is 2.10. The highest BCUT2D eigenvalue weighted by atomic mass is 32.3. The van der Waals surface area contributed by atoms with Gasteiger partial charge in [0.05, 0.1) is 7.11 Å². The van der Waals surface area contributed by atoms with Gasteiger partial charge in [0.25, 0.3) is 5.91 Å². The summed E-state index contributed by atoms with van der Waals surface area (Å²) in [6.07, 6.45) is 1.94. The zero-order valence-corrected chi connectivity index (χ0v) is 17.7. The lowest BCUT2D eigenvalue weighted by Crippen LogP contribution is -2.30. The van der Waals surface area contributed by atoms with E-state index >= 15 is 0 Å². The number of hydrogen-bond acceptors (Lipinski definition) is 6. The summed E-state index contributed by atoms with van der Waals surface area (Å²) in [4.78, 5) is 17.3. The van der Waals surface area contributed by atoms with Gasteiger partial charge in [-0.2, -0.15) is 0 Å². The molecule has 29 heavy (non-hydrogen) atoms. The lowest BCUT2D eigenvalue weighted by Gasteiger charge is -2.08. The first-order valence-corrected chi connectivity index (χ1v) is 10.1. The number of hydrogen-bond donors (Lipinski definition) is 1. The Bertz CT molecular complexity index is 894. The molecule has 158 valence electrons. The van der Waals surface area contributed by atoms with E-state index in [0.717, 1.165) is 18.2 Å². The van der Waals surface area contributed by atoms with Crippen LogP contribution in [-0.4, -0.2) is 50.1 Å². The fraction of sp³-hybridized carbons (Fsp3) is 0.300. The molecule has 1 N–H and O–H groups in total. The van der Waals surface area contributed by atoms with Crippen molar-refractivity contribution in [2.24, 2.45) is 0 Å². The Balaban J connectivity index is 0.000000612. The molecule has 0 saturated heterocycles. The summed E-state index contributed by atoms with van der Waals surface area (Å²) in [6, 6.07) is 17.7. The second-order valence-electron chi connectivity index (χ2n) is 6.20. The molecule has 1 amide bonds. The summed E-state index contributed by atoms with van der Waals surface area (Å²) in [5, 5.41) is 2.88. The van der Waals surface area contributed by atoms with Crippen LogP contribution in [0.1, 0.15) is 35.3 Å². The van der Waals surface area contributed by atoms with Crippen LogP contribution < -0.4 is 5.32 Å². The van der Waals surface area contributed by atoms with Gasteiger partial charge in [-0.25, -0.2) is 8.42 Å². The fourth-order valence-electron chi connectivity index (χ4n) is 2.16. The first kappa shape index (κ1) is 24.3. The molecular weight excluding hydrogens is 396 g/mol. The minimum atomic E-state index is -4.41. The Labute approximate surface area is 171 Å². The molecule has 2 aromatic carbocycles. The van der Waals surface area contributed by atoms with Crippen molar-refractivity contribution in [1.82, 2.24) is 5.32 Å². The van der Waals surface area contributed by atoms with Gasteiger partial charge in [0.2, 0.25) is 23.2 Å². The molecule has 0 radical (unpaired) electrons. The molecule has 0 aliphatic carbocycles. The number of amides is 1. The van der Waals surface area contributed by atoms with Crippen molar-refractivity contribution in [3.63, 3.8) is 0 Å². The molecule has 0 aliphatic heterocycles. The van der Waals surface area contributed by atoms with Crippen molar-refractivity contribution >= 4 is 22.5 Å². The second-order valence-corrected chi connectivity index (χ2v) is 7.35. The molecule has 2 rings (SSSR count). The van der Waals surface area contributed by atoms with Gasteiger partial charge in [-0.1, -0.05) is 30.3 Å². The molecule has 0 atom stereocenters. The summed E-state index contributed by atoms with van der Waals surface area (Å²) >= 11 is 0. The lowest BCUT2D eigenvalue weighted by atomic mass is 10.1. The van der Waals surface area contributed by atoms with Crippen LogP contribution in [0.3, 0.4) is 0 Å². The average molecular weight is 423 g/mol. The van der Waals surface area contributed by atoms with Gasteiger partial charge in [0.1, 0.15) is 7.11 Å². The zero-order chi connectivity index (χ0) is 21.9. The summed E-state index contributed by atoms with van der Waals surface area (Å²) in [6.45, 7) is 4.50. The molecule has 0 spiro atoms. The van der Waals surface area contributed by atoms with Gasteiger partial charge in [-0.05, 0) is 42.9 Å². The van der Waals surface area contributed by atoms with Crippen molar-refractivity contribution in [1.29, 1.82) is 0 Å². The quantitative estimate of drug-likeness (QED) is 0.241. The third-order valence-electron chi connectivity index (χ3n) is 3.51. The van der Waals surface area contributed by atoms with Gasteiger partial charge in [0.15, 0.2) is 0 Å². The zero-order valence-electron chi connectivity index (χ0n) is 16.9. The van der Waals surface area contributed by atoms with Gasteiger partial charge < -0.3 is 9.87 Å². The Morgan fingerprint density at radius 2 is 1.66 bits per heavy atom. The molecule has 0 bridgehead atoms. The van der Waals surface area contributed by atoms with Crippen LogP contribution in [0.4, 0.5) is 0 Å². The number of hydroxylamine groups is 1. The summed E-state index contributed by atoms with van der Waals surface area (Å²) < 4.78 is 32.8. The topological polar surface area (TPSA) is 108 Å². The van der Waals surface area contributed by atoms with E-state index in [4.69, 9.17) is 4.84 Å². The van der Waals surface area contributed by atoms with Crippen LogP contribution in [0, 0.1) is 0 Å². The smallest absolute Gasteiger partial charge is 0.251 e. The summed E-state index contributed by atoms with van der Waals surface area (Å²) in [5.41, 5.74) is 2.81. The van der Waals surface area contributed by atoms with E-state index in [0.29, 0.717) is 12.1 Å². The first-order valence-electron chi connectivity index (χ1n) is 8.76. The monoisotopic (exact) mass is 422 g/mol. The minimum absolute atomic E-state index is 0.0500. The number of nitrogens with one attached hydrogen (secondary N) is 1. The predicted octanol–water partition coefficient (Wildman–Crippen LogP) is 2.11. The van der Waals surface area contributed by atoms with Crippen molar-refractivity contribution in [3.8, 4) is 0 Å². The highest BCUT2D eigenvalue weighted by molar-refractivity contribution is 7.80. The Hall–Kier alpha value is -2.75. The molecule has 2 aromatic rings. The van der Waals surface area contributed by atoms with Crippen molar-refractivity contribution < 1.29 is 31.5 Å². The second kappa shape index (κ2) is 11.9. The molecule has 0 fully saturated rings. The predicted molar refractivity (Wildman–Crippen MR) is 108 cm³/mol. The van der Waals surface area contributed by atoms with Crippen LogP contribution in [0.25, 0.3) is 0 Å². The van der Waals surface area contributed by atoms with Crippen molar-refractivity contribution in [2.75, 3.05) is 14.2 Å². The van der Waals surface area contributed by atoms with Crippen LogP contribution in [0.5, 0.6) is 0 Å². The summed E-state index contributed by atoms with van der Waals surface area (Å²) in [5.74, 6) is -0.0500. The van der Waals surface area contributed by atoms with Gasteiger partial charge in [-0.3, -0.25) is 13.8 Å². The SMILES string of the molecule is CO/[N+](=C\c1ccccc1)Cc1ccc(C(=O)NC(C)C)cc1.COS(=O)(=O)[O-]. The van der Waals surface area contributed by atoms with E-state index in [1.54, 1.807) is 11.8 Å². The van der Waals surface area contributed by atoms with Gasteiger partial charge in [-0.15, -0.1) is 0 Å². The average Bonchev–Trinajstić information content (AvgIpc) is 2.68. The first-order chi connectivity index (χ1) is 13.6. The van der Waals surface area contributed by atoms with E-state index in [-0.39, 0.29) is 11.9 Å². The highest BCUT2D eigenvalue weighted by Crippen LogP contribution is 2.07. The van der Waals surface area contributed by atoms with Crippen molar-refractivity contribution in [2.45, 2.75) is 26.4 Å². The third-order valence-corrected chi connectivity index (χ3v) is 3.91. The molecular formula is C20H26N2O6S. The molecule has 0 heterocycles. The standard InChI is InChI=1S/C19H22N2O2.CH4O4S/c1-15(2)20-19(22)18-11-9-17(10-12-18)14-21(23-3)13-16-7-5-4-6-8-16;1-5-6(2,3)4/h4-13,15H,14H2,1-3H3;1H3,(H,2,3,4)/b21-13-;. The van der Waals surface area contributed by atoms with E-state index in [2.05, 4.69) is 9.50 Å². The molecule has 9 heteroatoms. The third kappa shape index (κ3) is 10.4. The number of carbonyl (C=O) groups is 1. The van der Waals surface area contributed by atoms with Crippen LogP contribution in [-0.2, 0) is 26.0 Å².